The van der Waals surface area contributed by atoms with Gasteiger partial charge in [-0.15, -0.1) is 0 Å². The Balaban J connectivity index is 1.71. The second-order valence-electron chi connectivity index (χ2n) is 8.20. The number of likely N-dealkylation sites (tertiary alicyclic amines) is 1. The predicted octanol–water partition coefficient (Wildman–Crippen LogP) is 2.31. The molecule has 2 aromatic rings. The number of carbonyl (C=O) groups excluding carboxylic acids is 2. The zero-order valence-corrected chi connectivity index (χ0v) is 16.9. The van der Waals surface area contributed by atoms with Crippen LogP contribution in [0, 0.1) is 5.82 Å². The van der Waals surface area contributed by atoms with Crippen LogP contribution in [0.25, 0.3) is 0 Å². The van der Waals surface area contributed by atoms with Crippen LogP contribution < -0.4 is 5.73 Å². The molecule has 2 amide bonds. The molecule has 4 rings (SSSR count). The van der Waals surface area contributed by atoms with E-state index in [0.29, 0.717) is 56.7 Å². The van der Waals surface area contributed by atoms with E-state index in [1.165, 1.54) is 12.1 Å². The Bertz CT molecular complexity index is 930. The molecule has 3 heterocycles. The lowest BCUT2D eigenvalue weighted by atomic mass is 9.71. The van der Waals surface area contributed by atoms with E-state index in [-0.39, 0.29) is 18.3 Å². The third-order valence-corrected chi connectivity index (χ3v) is 6.54. The van der Waals surface area contributed by atoms with Gasteiger partial charge >= 0.3 is 0 Å². The molecule has 2 N–H and O–H groups in total. The number of aromatic nitrogens is 1. The number of hydrogen-bond donors (Lipinski definition) is 1. The first-order valence-corrected chi connectivity index (χ1v) is 10.3. The minimum absolute atomic E-state index is 0.0994. The smallest absolute Gasteiger partial charge is 0.233 e. The second-order valence-corrected chi connectivity index (χ2v) is 8.20. The first kappa shape index (κ1) is 20.5. The summed E-state index contributed by atoms with van der Waals surface area (Å²) in [5, 5.41) is 0. The standard InChI is InChI=1S/C23H26FN3O3/c24-18-6-3-5-17(15-18)22(9-13-30-14-10-22)21(29)27-12-4-8-23(16-27,20(25)28)19-7-1-2-11-26-19/h1-3,5-7,11,15H,4,8-10,12-14,16H2,(H2,25,28)/t23-/m1/s1. The number of hydrogen-bond acceptors (Lipinski definition) is 4. The molecule has 158 valence electrons. The van der Waals surface area contributed by atoms with Gasteiger partial charge in [0.15, 0.2) is 0 Å². The van der Waals surface area contributed by atoms with Crippen molar-refractivity contribution in [3.8, 4) is 0 Å². The Labute approximate surface area is 175 Å². The Morgan fingerprint density at radius 3 is 2.53 bits per heavy atom. The summed E-state index contributed by atoms with van der Waals surface area (Å²) in [6, 6.07) is 11.6. The molecular formula is C23H26FN3O3. The number of halogens is 1. The van der Waals surface area contributed by atoms with Gasteiger partial charge in [-0.05, 0) is 55.5 Å². The van der Waals surface area contributed by atoms with Gasteiger partial charge in [0.25, 0.3) is 0 Å². The van der Waals surface area contributed by atoms with Gasteiger partial charge in [-0.1, -0.05) is 18.2 Å². The van der Waals surface area contributed by atoms with Gasteiger partial charge in [-0.2, -0.15) is 0 Å². The Hall–Kier alpha value is -2.80. The topological polar surface area (TPSA) is 85.5 Å². The number of primary amides is 1. The number of piperidine rings is 1. The fourth-order valence-corrected chi connectivity index (χ4v) is 4.85. The number of pyridine rings is 1. The van der Waals surface area contributed by atoms with E-state index in [2.05, 4.69) is 4.98 Å². The summed E-state index contributed by atoms with van der Waals surface area (Å²) in [6.07, 6.45) is 3.76. The van der Waals surface area contributed by atoms with Crippen LogP contribution in [0.4, 0.5) is 4.39 Å². The lowest BCUT2D eigenvalue weighted by molar-refractivity contribution is -0.145. The van der Waals surface area contributed by atoms with Gasteiger partial charge in [-0.3, -0.25) is 14.6 Å². The Kier molecular flexibility index (Phi) is 5.56. The van der Waals surface area contributed by atoms with Crippen molar-refractivity contribution in [3.05, 3.63) is 65.7 Å². The monoisotopic (exact) mass is 411 g/mol. The number of nitrogens with two attached hydrogens (primary N) is 1. The fraction of sp³-hybridized carbons (Fsp3) is 0.435. The Morgan fingerprint density at radius 2 is 1.87 bits per heavy atom. The Morgan fingerprint density at radius 1 is 1.07 bits per heavy atom. The zero-order valence-electron chi connectivity index (χ0n) is 16.9. The third kappa shape index (κ3) is 3.47. The van der Waals surface area contributed by atoms with E-state index in [1.807, 2.05) is 6.07 Å². The van der Waals surface area contributed by atoms with E-state index in [1.54, 1.807) is 35.4 Å². The highest BCUT2D eigenvalue weighted by molar-refractivity contribution is 5.91. The summed E-state index contributed by atoms with van der Waals surface area (Å²) in [6.45, 7) is 1.56. The number of amides is 2. The highest BCUT2D eigenvalue weighted by Crippen LogP contribution is 2.40. The number of rotatable bonds is 4. The molecule has 1 atom stereocenters. The number of benzene rings is 1. The van der Waals surface area contributed by atoms with Crippen molar-refractivity contribution in [2.45, 2.75) is 36.5 Å². The largest absolute Gasteiger partial charge is 0.381 e. The summed E-state index contributed by atoms with van der Waals surface area (Å²) in [4.78, 5) is 32.6. The number of carbonyl (C=O) groups is 2. The highest BCUT2D eigenvalue weighted by Gasteiger charge is 2.50. The lowest BCUT2D eigenvalue weighted by Gasteiger charge is -2.45. The maximum Gasteiger partial charge on any atom is 0.233 e. The molecule has 2 aliphatic heterocycles. The van der Waals surface area contributed by atoms with Gasteiger partial charge in [0.1, 0.15) is 11.2 Å². The summed E-state index contributed by atoms with van der Waals surface area (Å²) in [5.74, 6) is -0.951. The maximum atomic E-state index is 14.0. The quantitative estimate of drug-likeness (QED) is 0.837. The third-order valence-electron chi connectivity index (χ3n) is 6.54. The molecule has 6 nitrogen and oxygen atoms in total. The molecule has 30 heavy (non-hydrogen) atoms. The molecule has 0 spiro atoms. The maximum absolute atomic E-state index is 14.0. The van der Waals surface area contributed by atoms with Crippen molar-refractivity contribution in [1.82, 2.24) is 9.88 Å². The predicted molar refractivity (Wildman–Crippen MR) is 109 cm³/mol. The molecule has 1 aromatic carbocycles. The molecule has 2 fully saturated rings. The fourth-order valence-electron chi connectivity index (χ4n) is 4.85. The second kappa shape index (κ2) is 8.14. The van der Waals surface area contributed by atoms with Gasteiger partial charge < -0.3 is 15.4 Å². The molecule has 0 aliphatic carbocycles. The van der Waals surface area contributed by atoms with Crippen molar-refractivity contribution in [1.29, 1.82) is 0 Å². The average molecular weight is 411 g/mol. The van der Waals surface area contributed by atoms with Crippen LogP contribution in [0.3, 0.4) is 0 Å². The minimum atomic E-state index is -1.02. The van der Waals surface area contributed by atoms with Crippen LogP contribution in [0.15, 0.2) is 48.7 Å². The van der Waals surface area contributed by atoms with Crippen LogP contribution in [0.5, 0.6) is 0 Å². The van der Waals surface area contributed by atoms with E-state index < -0.39 is 16.7 Å². The van der Waals surface area contributed by atoms with Crippen LogP contribution in [-0.2, 0) is 25.2 Å². The number of ether oxygens (including phenoxy) is 1. The van der Waals surface area contributed by atoms with Crippen molar-refractivity contribution in [3.63, 3.8) is 0 Å². The molecule has 0 bridgehead atoms. The summed E-state index contributed by atoms with van der Waals surface area (Å²) in [7, 11) is 0. The summed E-state index contributed by atoms with van der Waals surface area (Å²) < 4.78 is 19.5. The van der Waals surface area contributed by atoms with Gasteiger partial charge in [0, 0.05) is 32.5 Å². The number of nitrogens with zero attached hydrogens (tertiary/aromatic N) is 2. The van der Waals surface area contributed by atoms with Gasteiger partial charge in [0.2, 0.25) is 11.8 Å². The molecule has 0 radical (unpaired) electrons. The van der Waals surface area contributed by atoms with Crippen LogP contribution in [0.2, 0.25) is 0 Å². The van der Waals surface area contributed by atoms with Crippen LogP contribution in [-0.4, -0.2) is 48.0 Å². The molecule has 0 unspecified atom stereocenters. The van der Waals surface area contributed by atoms with Gasteiger partial charge in [-0.25, -0.2) is 4.39 Å². The van der Waals surface area contributed by atoms with Crippen molar-refractivity contribution in [2.24, 2.45) is 5.73 Å². The summed E-state index contributed by atoms with van der Waals surface area (Å²) >= 11 is 0. The van der Waals surface area contributed by atoms with Crippen LogP contribution >= 0.6 is 0 Å². The first-order valence-electron chi connectivity index (χ1n) is 10.3. The molecule has 0 saturated carbocycles. The van der Waals surface area contributed by atoms with E-state index >= 15 is 0 Å². The van der Waals surface area contributed by atoms with E-state index in [4.69, 9.17) is 10.5 Å². The molecule has 1 aromatic heterocycles. The van der Waals surface area contributed by atoms with Crippen molar-refractivity contribution >= 4 is 11.8 Å². The molecule has 2 aliphatic rings. The van der Waals surface area contributed by atoms with Crippen LogP contribution in [0.1, 0.15) is 36.9 Å². The first-order chi connectivity index (χ1) is 14.5. The molecule has 2 saturated heterocycles. The zero-order chi connectivity index (χ0) is 21.2. The minimum Gasteiger partial charge on any atom is -0.381 e. The molecular weight excluding hydrogens is 385 g/mol. The SMILES string of the molecule is NC(=O)[C@]1(c2ccccn2)CCCN(C(=O)C2(c3cccc(F)c3)CCOCC2)C1. The normalized spacial score (nSPS) is 23.7. The van der Waals surface area contributed by atoms with Gasteiger partial charge in [0.05, 0.1) is 11.1 Å². The lowest BCUT2D eigenvalue weighted by Crippen LogP contribution is -2.59. The van der Waals surface area contributed by atoms with Crippen molar-refractivity contribution < 1.29 is 18.7 Å². The van der Waals surface area contributed by atoms with E-state index in [9.17, 15) is 14.0 Å². The average Bonchev–Trinajstić information content (AvgIpc) is 2.79. The van der Waals surface area contributed by atoms with E-state index in [0.717, 1.165) is 0 Å². The summed E-state index contributed by atoms with van der Waals surface area (Å²) in [5.41, 5.74) is 5.20. The highest BCUT2D eigenvalue weighted by atomic mass is 19.1. The molecule has 7 heteroatoms. The van der Waals surface area contributed by atoms with Crippen molar-refractivity contribution in [2.75, 3.05) is 26.3 Å².